The Labute approximate surface area is 107 Å². The van der Waals surface area contributed by atoms with Gasteiger partial charge in [0.25, 0.3) is 0 Å². The lowest BCUT2D eigenvalue weighted by atomic mass is 10.1. The number of ether oxygens (including phenoxy) is 1. The summed E-state index contributed by atoms with van der Waals surface area (Å²) in [6, 6.07) is 0. The molecule has 0 saturated heterocycles. The number of alkyl halides is 4. The van der Waals surface area contributed by atoms with Gasteiger partial charge in [0.05, 0.1) is 25.6 Å². The molecule has 1 unspecified atom stereocenters. The molecule has 0 amide bonds. The molecule has 0 saturated carbocycles. The van der Waals surface area contributed by atoms with E-state index in [1.165, 1.54) is 0 Å². The van der Waals surface area contributed by atoms with Gasteiger partial charge in [-0.1, -0.05) is 0 Å². The second kappa shape index (κ2) is 5.32. The second-order valence-electron chi connectivity index (χ2n) is 4.31. The fraction of sp³-hybridized carbons (Fsp3) is 0.583. The first-order valence-corrected chi connectivity index (χ1v) is 5.91. The normalized spacial score (nSPS) is 18.5. The molecule has 1 aliphatic rings. The summed E-state index contributed by atoms with van der Waals surface area (Å²) in [5, 5.41) is 9.67. The van der Waals surface area contributed by atoms with Crippen LogP contribution in [0.2, 0.25) is 0 Å². The summed E-state index contributed by atoms with van der Waals surface area (Å²) in [5.74, 6) is 0.202. The highest BCUT2D eigenvalue weighted by atomic mass is 19.4. The molecule has 2 rings (SSSR count). The Hall–Kier alpha value is -1.37. The second-order valence-corrected chi connectivity index (χ2v) is 4.31. The lowest BCUT2D eigenvalue weighted by Crippen LogP contribution is -2.14. The number of pyridine rings is 1. The van der Waals surface area contributed by atoms with Crippen molar-refractivity contribution in [1.82, 2.24) is 4.98 Å². The minimum Gasteiger partial charge on any atom is -0.492 e. The third-order valence-corrected chi connectivity index (χ3v) is 2.99. The number of hydrogen-bond acceptors (Lipinski definition) is 3. The van der Waals surface area contributed by atoms with E-state index in [9.17, 15) is 22.7 Å². The molecule has 106 valence electrons. The lowest BCUT2D eigenvalue weighted by molar-refractivity contribution is -0.142. The van der Waals surface area contributed by atoms with Crippen molar-refractivity contribution in [3.8, 4) is 5.75 Å². The van der Waals surface area contributed by atoms with E-state index in [0.717, 1.165) is 6.20 Å². The van der Waals surface area contributed by atoms with Gasteiger partial charge in [0.2, 0.25) is 0 Å². The topological polar surface area (TPSA) is 42.4 Å². The summed E-state index contributed by atoms with van der Waals surface area (Å²) < 4.78 is 55.6. The van der Waals surface area contributed by atoms with Crippen LogP contribution in [0.1, 0.15) is 35.8 Å². The van der Waals surface area contributed by atoms with Crippen LogP contribution >= 0.6 is 0 Å². The fourth-order valence-corrected chi connectivity index (χ4v) is 2.18. The molecule has 0 bridgehead atoms. The first-order valence-electron chi connectivity index (χ1n) is 5.91. The van der Waals surface area contributed by atoms with Gasteiger partial charge in [0, 0.05) is 17.5 Å². The molecule has 0 radical (unpaired) electrons. The molecule has 1 heterocycles. The number of nitrogens with zero attached hydrogens (tertiary/aromatic N) is 1. The maximum Gasteiger partial charge on any atom is 0.433 e. The van der Waals surface area contributed by atoms with Gasteiger partial charge in [-0.15, -0.1) is 0 Å². The van der Waals surface area contributed by atoms with E-state index in [1.807, 2.05) is 0 Å². The fourth-order valence-electron chi connectivity index (χ4n) is 2.18. The SMILES string of the molecule is OC1CCc2c(OCCCF)cnc(C(F)(F)F)c21. The van der Waals surface area contributed by atoms with Crippen molar-refractivity contribution in [2.45, 2.75) is 31.5 Å². The van der Waals surface area contributed by atoms with Gasteiger partial charge in [-0.2, -0.15) is 13.2 Å². The first kappa shape index (κ1) is 14.0. The predicted octanol–water partition coefficient (Wildman–Crippen LogP) is 2.82. The molecule has 0 fully saturated rings. The number of aromatic nitrogens is 1. The number of rotatable bonds is 4. The summed E-state index contributed by atoms with van der Waals surface area (Å²) in [6.07, 6.45) is -4.11. The number of aliphatic hydroxyl groups excluding tert-OH is 1. The van der Waals surface area contributed by atoms with Gasteiger partial charge in [-0.25, -0.2) is 4.98 Å². The number of aliphatic hydroxyl groups is 1. The van der Waals surface area contributed by atoms with E-state index in [-0.39, 0.29) is 30.8 Å². The van der Waals surface area contributed by atoms with Crippen molar-refractivity contribution in [3.63, 3.8) is 0 Å². The monoisotopic (exact) mass is 279 g/mol. The van der Waals surface area contributed by atoms with Crippen LogP contribution in [0.4, 0.5) is 17.6 Å². The number of hydrogen-bond donors (Lipinski definition) is 1. The average Bonchev–Trinajstić information content (AvgIpc) is 2.71. The Morgan fingerprint density at radius 1 is 1.42 bits per heavy atom. The Morgan fingerprint density at radius 3 is 2.79 bits per heavy atom. The zero-order valence-electron chi connectivity index (χ0n) is 10.0. The summed E-state index contributed by atoms with van der Waals surface area (Å²) in [5.41, 5.74) is -0.940. The first-order chi connectivity index (χ1) is 8.95. The van der Waals surface area contributed by atoms with Crippen LogP contribution in [-0.2, 0) is 12.6 Å². The number of halogens is 4. The standard InChI is InChI=1S/C12H13F4NO2/c13-4-1-5-19-9-6-17-11(12(14,15)16)10-7(9)2-3-8(10)18/h6,8,18H,1-5H2. The van der Waals surface area contributed by atoms with Gasteiger partial charge in [0.15, 0.2) is 5.69 Å². The van der Waals surface area contributed by atoms with E-state index in [4.69, 9.17) is 4.74 Å². The molecule has 3 nitrogen and oxygen atoms in total. The Balaban J connectivity index is 2.35. The van der Waals surface area contributed by atoms with Gasteiger partial charge in [-0.05, 0) is 12.8 Å². The molecule has 1 aliphatic carbocycles. The highest BCUT2D eigenvalue weighted by Crippen LogP contribution is 2.43. The summed E-state index contributed by atoms with van der Waals surface area (Å²) >= 11 is 0. The zero-order valence-corrected chi connectivity index (χ0v) is 10.0. The largest absolute Gasteiger partial charge is 0.492 e. The smallest absolute Gasteiger partial charge is 0.433 e. The number of fused-ring (bicyclic) bond motifs is 1. The molecule has 1 aromatic heterocycles. The Morgan fingerprint density at radius 2 is 2.16 bits per heavy atom. The third kappa shape index (κ3) is 2.80. The molecule has 19 heavy (non-hydrogen) atoms. The molecule has 1 atom stereocenters. The van der Waals surface area contributed by atoms with Crippen molar-refractivity contribution >= 4 is 0 Å². The van der Waals surface area contributed by atoms with Gasteiger partial charge < -0.3 is 9.84 Å². The molecule has 7 heteroatoms. The van der Waals surface area contributed by atoms with Crippen molar-refractivity contribution in [2.75, 3.05) is 13.3 Å². The van der Waals surface area contributed by atoms with Crippen LogP contribution in [0.15, 0.2) is 6.20 Å². The highest BCUT2D eigenvalue weighted by Gasteiger charge is 2.41. The summed E-state index contributed by atoms with van der Waals surface area (Å²) in [4.78, 5) is 3.35. The van der Waals surface area contributed by atoms with E-state index in [2.05, 4.69) is 4.98 Å². The van der Waals surface area contributed by atoms with Gasteiger partial charge in [-0.3, -0.25) is 4.39 Å². The average molecular weight is 279 g/mol. The van der Waals surface area contributed by atoms with Crippen LogP contribution in [0.3, 0.4) is 0 Å². The van der Waals surface area contributed by atoms with Crippen LogP contribution < -0.4 is 4.74 Å². The molecule has 0 spiro atoms. The maximum absolute atomic E-state index is 12.8. The van der Waals surface area contributed by atoms with E-state index in [1.54, 1.807) is 0 Å². The van der Waals surface area contributed by atoms with Crippen LogP contribution in [0.25, 0.3) is 0 Å². The van der Waals surface area contributed by atoms with E-state index in [0.29, 0.717) is 12.0 Å². The van der Waals surface area contributed by atoms with Gasteiger partial charge in [0.1, 0.15) is 5.75 Å². The predicted molar refractivity (Wildman–Crippen MR) is 58.6 cm³/mol. The van der Waals surface area contributed by atoms with Crippen LogP contribution in [-0.4, -0.2) is 23.4 Å². The Bertz CT molecular complexity index is 462. The van der Waals surface area contributed by atoms with Crippen molar-refractivity contribution in [1.29, 1.82) is 0 Å². The summed E-state index contributed by atoms with van der Waals surface area (Å²) in [7, 11) is 0. The van der Waals surface area contributed by atoms with E-state index < -0.39 is 24.6 Å². The minimum atomic E-state index is -4.60. The highest BCUT2D eigenvalue weighted by molar-refractivity contribution is 5.46. The quantitative estimate of drug-likeness (QED) is 0.680. The van der Waals surface area contributed by atoms with Crippen LogP contribution in [0.5, 0.6) is 5.75 Å². The van der Waals surface area contributed by atoms with Crippen molar-refractivity contribution in [2.24, 2.45) is 0 Å². The molecule has 1 N–H and O–H groups in total. The van der Waals surface area contributed by atoms with Crippen molar-refractivity contribution < 1.29 is 27.4 Å². The Kier molecular flexibility index (Phi) is 3.93. The molecular formula is C12H13F4NO2. The van der Waals surface area contributed by atoms with Gasteiger partial charge >= 0.3 is 6.18 Å². The van der Waals surface area contributed by atoms with E-state index >= 15 is 0 Å². The third-order valence-electron chi connectivity index (χ3n) is 2.99. The molecular weight excluding hydrogens is 266 g/mol. The summed E-state index contributed by atoms with van der Waals surface area (Å²) in [6.45, 7) is -0.481. The molecule has 0 aliphatic heterocycles. The lowest BCUT2D eigenvalue weighted by Gasteiger charge is -2.16. The zero-order chi connectivity index (χ0) is 14.0. The molecule has 1 aromatic rings. The van der Waals surface area contributed by atoms with Crippen LogP contribution in [0, 0.1) is 0 Å². The van der Waals surface area contributed by atoms with Crippen molar-refractivity contribution in [3.05, 3.63) is 23.0 Å². The maximum atomic E-state index is 12.8. The minimum absolute atomic E-state index is 0.0755. The molecule has 0 aromatic carbocycles.